The first kappa shape index (κ1) is 27.5. The maximum Gasteiger partial charge on any atom is 0.459 e. The third-order valence-electron chi connectivity index (χ3n) is 6.52. The Morgan fingerprint density at radius 3 is 2.70 bits per heavy atom. The predicted molar refractivity (Wildman–Crippen MR) is 131 cm³/mol. The zero-order valence-corrected chi connectivity index (χ0v) is 21.6. The lowest BCUT2D eigenvalue weighted by Crippen LogP contribution is -2.51. The Hall–Kier alpha value is -2.56. The predicted octanol–water partition coefficient (Wildman–Crippen LogP) is 3.38. The van der Waals surface area contributed by atoms with Gasteiger partial charge in [-0.2, -0.15) is 5.09 Å². The minimum Gasteiger partial charge on any atom is -0.461 e. The average Bonchev–Trinajstić information content (AvgIpc) is 3.04. The number of allylic oxidation sites excluding steroid dienone is 1. The fourth-order valence-electron chi connectivity index (χ4n) is 4.10. The van der Waals surface area contributed by atoms with E-state index in [-0.39, 0.29) is 18.3 Å². The molecule has 0 radical (unpaired) electrons. The van der Waals surface area contributed by atoms with Gasteiger partial charge in [0.25, 0.3) is 0 Å². The summed E-state index contributed by atoms with van der Waals surface area (Å²) < 4.78 is 51.4. The zero-order valence-electron chi connectivity index (χ0n) is 20.7. The van der Waals surface area contributed by atoms with Crippen molar-refractivity contribution in [2.75, 3.05) is 6.61 Å². The van der Waals surface area contributed by atoms with Gasteiger partial charge in [-0.15, -0.1) is 0 Å². The highest BCUT2D eigenvalue weighted by molar-refractivity contribution is 7.52. The van der Waals surface area contributed by atoms with Crippen molar-refractivity contribution in [3.8, 4) is 5.75 Å². The van der Waals surface area contributed by atoms with Crippen LogP contribution in [0.3, 0.4) is 0 Å². The molecule has 1 saturated carbocycles. The monoisotopic (exact) mass is 538 g/mol. The number of esters is 1. The van der Waals surface area contributed by atoms with Crippen LogP contribution >= 0.6 is 7.75 Å². The Labute approximate surface area is 215 Å². The van der Waals surface area contributed by atoms with Crippen molar-refractivity contribution in [2.45, 2.75) is 75.8 Å². The highest BCUT2D eigenvalue weighted by atomic mass is 31.2. The number of carbonyl (C=O) groups excluding carboxylic acids is 2. The molecule has 37 heavy (non-hydrogen) atoms. The molecule has 1 aromatic carbocycles. The molecule has 2 fully saturated rings. The Morgan fingerprint density at radius 1 is 1.38 bits per heavy atom. The van der Waals surface area contributed by atoms with Crippen LogP contribution in [0.5, 0.6) is 5.75 Å². The summed E-state index contributed by atoms with van der Waals surface area (Å²) in [4.78, 5) is 26.0. The van der Waals surface area contributed by atoms with Crippen molar-refractivity contribution in [3.63, 3.8) is 0 Å². The van der Waals surface area contributed by atoms with Gasteiger partial charge in [-0.05, 0) is 56.9 Å². The molecule has 2 aliphatic heterocycles. The fourth-order valence-corrected chi connectivity index (χ4v) is 5.60. The maximum atomic E-state index is 15.6. The molecule has 6 atom stereocenters. The van der Waals surface area contributed by atoms with Gasteiger partial charge in [-0.1, -0.05) is 24.8 Å². The van der Waals surface area contributed by atoms with Crippen LogP contribution < -0.4 is 9.61 Å². The van der Waals surface area contributed by atoms with Crippen LogP contribution in [0.1, 0.15) is 39.5 Å². The highest BCUT2D eigenvalue weighted by Crippen LogP contribution is 2.47. The van der Waals surface area contributed by atoms with Crippen LogP contribution in [-0.2, 0) is 28.2 Å². The molecule has 1 aromatic rings. The summed E-state index contributed by atoms with van der Waals surface area (Å²) in [6, 6.07) is 7.11. The van der Waals surface area contributed by atoms with Crippen molar-refractivity contribution >= 4 is 19.6 Å². The van der Waals surface area contributed by atoms with Crippen LogP contribution in [-0.4, -0.2) is 64.7 Å². The first-order chi connectivity index (χ1) is 17.5. The number of halogens is 1. The second-order valence-corrected chi connectivity index (χ2v) is 11.3. The van der Waals surface area contributed by atoms with Crippen molar-refractivity contribution < 1.29 is 42.2 Å². The normalized spacial score (nSPS) is 30.5. The number of aliphatic hydroxyl groups is 1. The number of alkyl halides is 1. The Kier molecular flexibility index (Phi) is 8.20. The van der Waals surface area contributed by atoms with E-state index in [0.29, 0.717) is 5.57 Å². The van der Waals surface area contributed by atoms with Crippen LogP contribution in [0, 0.1) is 0 Å². The highest BCUT2D eigenvalue weighted by Gasteiger charge is 2.57. The summed E-state index contributed by atoms with van der Waals surface area (Å²) in [6.45, 7) is 5.74. The van der Waals surface area contributed by atoms with E-state index in [4.69, 9.17) is 18.5 Å². The maximum absolute atomic E-state index is 15.6. The fraction of sp³-hybridized carbons (Fsp3) is 0.520. The molecule has 3 aliphatic rings. The number of para-hydroxylation sites is 1. The average molecular weight is 539 g/mol. The third-order valence-corrected chi connectivity index (χ3v) is 8.17. The minimum atomic E-state index is -4.25. The lowest BCUT2D eigenvalue weighted by molar-refractivity contribution is -0.154. The molecule has 12 heteroatoms. The number of rotatable bonds is 10. The molecule has 2 N–H and O–H groups in total. The summed E-state index contributed by atoms with van der Waals surface area (Å²) in [6.07, 6.45) is 0.815. The van der Waals surface area contributed by atoms with Crippen LogP contribution in [0.15, 0.2) is 54.8 Å². The topological polar surface area (TPSA) is 124 Å². The Balaban J connectivity index is 1.46. The summed E-state index contributed by atoms with van der Waals surface area (Å²) >= 11 is 0. The van der Waals surface area contributed by atoms with E-state index in [1.807, 2.05) is 0 Å². The quantitative estimate of drug-likeness (QED) is 0.341. The van der Waals surface area contributed by atoms with Gasteiger partial charge in [0, 0.05) is 6.20 Å². The molecular weight excluding hydrogens is 506 g/mol. The van der Waals surface area contributed by atoms with E-state index >= 15 is 4.39 Å². The van der Waals surface area contributed by atoms with Crippen LogP contribution in [0.25, 0.3) is 0 Å². The molecule has 0 bridgehead atoms. The SMILES string of the molecule is C=C1C=CN([C@@H]2O[C@H](CO[P@@](=O)(N[C@@H](C)C(=O)OC3CCC3)Oc3ccccc3)[C@@H](O)[C@@]2(C)F)C(=O)C1. The Bertz CT molecular complexity index is 1090. The molecule has 202 valence electrons. The van der Waals surface area contributed by atoms with Gasteiger partial charge in [-0.25, -0.2) is 8.96 Å². The van der Waals surface area contributed by atoms with E-state index in [2.05, 4.69) is 11.7 Å². The summed E-state index contributed by atoms with van der Waals surface area (Å²) in [5.41, 5.74) is -1.79. The number of carbonyl (C=O) groups is 2. The van der Waals surface area contributed by atoms with E-state index in [1.54, 1.807) is 36.4 Å². The van der Waals surface area contributed by atoms with E-state index in [9.17, 15) is 19.3 Å². The first-order valence-corrected chi connectivity index (χ1v) is 13.7. The van der Waals surface area contributed by atoms with Gasteiger partial charge >= 0.3 is 13.7 Å². The second kappa shape index (κ2) is 11.0. The van der Waals surface area contributed by atoms with Gasteiger partial charge in [0.15, 0.2) is 11.9 Å². The van der Waals surface area contributed by atoms with Gasteiger partial charge < -0.3 is 19.1 Å². The minimum absolute atomic E-state index is 0.0113. The molecule has 2 heterocycles. The second-order valence-electron chi connectivity index (χ2n) is 9.61. The molecule has 4 rings (SSSR count). The molecule has 0 aromatic heterocycles. The lowest BCUT2D eigenvalue weighted by Gasteiger charge is -2.33. The number of nitrogens with zero attached hydrogens (tertiary/aromatic N) is 1. The summed E-state index contributed by atoms with van der Waals surface area (Å²) in [7, 11) is -4.25. The van der Waals surface area contributed by atoms with Gasteiger partial charge in [0.2, 0.25) is 5.91 Å². The third kappa shape index (κ3) is 6.30. The molecule has 1 saturated heterocycles. The smallest absolute Gasteiger partial charge is 0.459 e. The number of hydrogen-bond acceptors (Lipinski definition) is 8. The van der Waals surface area contributed by atoms with E-state index < -0.39 is 56.4 Å². The molecule has 1 amide bonds. The van der Waals surface area contributed by atoms with Crippen LogP contribution in [0.2, 0.25) is 0 Å². The number of benzene rings is 1. The van der Waals surface area contributed by atoms with Gasteiger partial charge in [0.05, 0.1) is 13.0 Å². The standard InChI is InChI=1S/C25H32FN2O8P/c1-16-12-13-28(21(29)14-16)24-25(3,26)22(30)20(35-24)15-33-37(32,36-19-8-5-4-6-9-19)27-17(2)23(31)34-18-10-7-11-18/h4-6,8-9,12-13,17-18,20,22,24,30H,1,7,10-11,14-15H2,2-3H3,(H,27,32)/t17-,20+,22+,24+,25+,37-/m0/s1. The Morgan fingerprint density at radius 2 is 2.08 bits per heavy atom. The number of aliphatic hydroxyl groups excluding tert-OH is 1. The van der Waals surface area contributed by atoms with Crippen molar-refractivity contribution in [2.24, 2.45) is 0 Å². The molecule has 0 unspecified atom stereocenters. The largest absolute Gasteiger partial charge is 0.461 e. The van der Waals surface area contributed by atoms with Crippen molar-refractivity contribution in [3.05, 3.63) is 54.8 Å². The number of amides is 1. The molecular formula is C25H32FN2O8P. The number of nitrogens with one attached hydrogen (secondary N) is 1. The summed E-state index contributed by atoms with van der Waals surface area (Å²) in [5.74, 6) is -0.854. The van der Waals surface area contributed by atoms with Crippen molar-refractivity contribution in [1.29, 1.82) is 0 Å². The molecule has 0 spiro atoms. The van der Waals surface area contributed by atoms with Crippen LogP contribution in [0.4, 0.5) is 4.39 Å². The van der Waals surface area contributed by atoms with Crippen molar-refractivity contribution in [1.82, 2.24) is 9.99 Å². The zero-order chi connectivity index (χ0) is 26.8. The van der Waals surface area contributed by atoms with E-state index in [0.717, 1.165) is 31.1 Å². The van der Waals surface area contributed by atoms with Gasteiger partial charge in [-0.3, -0.25) is 19.0 Å². The number of ether oxygens (including phenoxy) is 2. The number of hydrogen-bond donors (Lipinski definition) is 2. The van der Waals surface area contributed by atoms with E-state index in [1.165, 1.54) is 13.1 Å². The molecule has 1 aliphatic carbocycles. The lowest BCUT2D eigenvalue weighted by atomic mass is 9.96. The van der Waals surface area contributed by atoms with Gasteiger partial charge in [0.1, 0.15) is 30.1 Å². The molecule has 10 nitrogen and oxygen atoms in total. The first-order valence-electron chi connectivity index (χ1n) is 12.2. The summed E-state index contributed by atoms with van der Waals surface area (Å²) in [5, 5.41) is 13.2.